The molecule has 1 saturated carbocycles. The Morgan fingerprint density at radius 1 is 1.17 bits per heavy atom. The van der Waals surface area contributed by atoms with Gasteiger partial charge in [-0.15, -0.1) is 0 Å². The summed E-state index contributed by atoms with van der Waals surface area (Å²) in [5.74, 6) is 0.420. The van der Waals surface area contributed by atoms with Crippen LogP contribution in [0.4, 0.5) is 11.4 Å². The van der Waals surface area contributed by atoms with Crippen LogP contribution in [-0.4, -0.2) is 43.5 Å². The third kappa shape index (κ3) is 3.86. The molecule has 1 aromatic rings. The molecule has 0 atom stereocenters. The molecule has 4 heteroatoms. The van der Waals surface area contributed by atoms with Gasteiger partial charge in [0.25, 0.3) is 0 Å². The van der Waals surface area contributed by atoms with Crippen molar-refractivity contribution in [1.29, 1.82) is 0 Å². The number of rotatable bonds is 4. The summed E-state index contributed by atoms with van der Waals surface area (Å²) >= 11 is 0. The van der Waals surface area contributed by atoms with Gasteiger partial charge in [0.2, 0.25) is 5.91 Å². The number of piperazine rings is 1. The zero-order valence-corrected chi connectivity index (χ0v) is 14.5. The SMILES string of the molecule is CCN1CCN(c2ccc(NC(=O)C3CCCC3)cc2C)CC1. The number of benzene rings is 1. The predicted molar refractivity (Wildman–Crippen MR) is 96.1 cm³/mol. The van der Waals surface area contributed by atoms with Gasteiger partial charge < -0.3 is 15.1 Å². The zero-order valence-electron chi connectivity index (χ0n) is 14.5. The van der Waals surface area contributed by atoms with Crippen molar-refractivity contribution in [2.75, 3.05) is 42.9 Å². The van der Waals surface area contributed by atoms with Crippen LogP contribution in [0.15, 0.2) is 18.2 Å². The van der Waals surface area contributed by atoms with Crippen LogP contribution in [-0.2, 0) is 4.79 Å². The molecule has 1 aliphatic carbocycles. The summed E-state index contributed by atoms with van der Waals surface area (Å²) < 4.78 is 0. The molecule has 1 amide bonds. The van der Waals surface area contributed by atoms with Crippen molar-refractivity contribution in [3.63, 3.8) is 0 Å². The highest BCUT2D eigenvalue weighted by molar-refractivity contribution is 5.93. The van der Waals surface area contributed by atoms with Crippen LogP contribution in [0.5, 0.6) is 0 Å². The summed E-state index contributed by atoms with van der Waals surface area (Å²) in [5, 5.41) is 3.11. The van der Waals surface area contributed by atoms with Gasteiger partial charge in [0.05, 0.1) is 0 Å². The van der Waals surface area contributed by atoms with Crippen LogP contribution >= 0.6 is 0 Å². The number of nitrogens with one attached hydrogen (secondary N) is 1. The minimum absolute atomic E-state index is 0.200. The number of amides is 1. The maximum Gasteiger partial charge on any atom is 0.227 e. The highest BCUT2D eigenvalue weighted by Gasteiger charge is 2.23. The van der Waals surface area contributed by atoms with E-state index in [1.807, 2.05) is 0 Å². The third-order valence-corrected chi connectivity index (χ3v) is 5.35. The molecular formula is C19H29N3O. The summed E-state index contributed by atoms with van der Waals surface area (Å²) in [7, 11) is 0. The topological polar surface area (TPSA) is 35.6 Å². The fourth-order valence-corrected chi connectivity index (χ4v) is 3.83. The van der Waals surface area contributed by atoms with E-state index in [0.29, 0.717) is 0 Å². The summed E-state index contributed by atoms with van der Waals surface area (Å²) in [6, 6.07) is 6.34. The smallest absolute Gasteiger partial charge is 0.227 e. The van der Waals surface area contributed by atoms with E-state index in [1.54, 1.807) is 0 Å². The number of likely N-dealkylation sites (N-methyl/N-ethyl adjacent to an activating group) is 1. The molecule has 0 spiro atoms. The summed E-state index contributed by atoms with van der Waals surface area (Å²) in [4.78, 5) is 17.2. The monoisotopic (exact) mass is 315 g/mol. The minimum atomic E-state index is 0.200. The average molecular weight is 315 g/mol. The van der Waals surface area contributed by atoms with E-state index in [1.165, 1.54) is 24.1 Å². The molecule has 1 N–H and O–H groups in total. The summed E-state index contributed by atoms with van der Waals surface area (Å²) in [6.45, 7) is 9.95. The van der Waals surface area contributed by atoms with E-state index in [4.69, 9.17) is 0 Å². The van der Waals surface area contributed by atoms with Gasteiger partial charge in [-0.25, -0.2) is 0 Å². The van der Waals surface area contributed by atoms with Crippen molar-refractivity contribution >= 4 is 17.3 Å². The van der Waals surface area contributed by atoms with Gasteiger partial charge in [-0.3, -0.25) is 4.79 Å². The molecule has 0 aromatic heterocycles. The third-order valence-electron chi connectivity index (χ3n) is 5.35. The van der Waals surface area contributed by atoms with Crippen LogP contribution in [0, 0.1) is 12.8 Å². The number of hydrogen-bond acceptors (Lipinski definition) is 3. The van der Waals surface area contributed by atoms with E-state index < -0.39 is 0 Å². The first-order chi connectivity index (χ1) is 11.2. The highest BCUT2D eigenvalue weighted by Crippen LogP contribution is 2.28. The van der Waals surface area contributed by atoms with E-state index in [0.717, 1.165) is 51.3 Å². The van der Waals surface area contributed by atoms with Crippen molar-refractivity contribution in [2.24, 2.45) is 5.92 Å². The van der Waals surface area contributed by atoms with Gasteiger partial charge in [0.1, 0.15) is 0 Å². The van der Waals surface area contributed by atoms with E-state index >= 15 is 0 Å². The van der Waals surface area contributed by atoms with Gasteiger partial charge in [-0.1, -0.05) is 19.8 Å². The first-order valence-corrected chi connectivity index (χ1v) is 9.06. The first-order valence-electron chi connectivity index (χ1n) is 9.06. The van der Waals surface area contributed by atoms with Crippen LogP contribution in [0.3, 0.4) is 0 Å². The van der Waals surface area contributed by atoms with Crippen LogP contribution in [0.25, 0.3) is 0 Å². The van der Waals surface area contributed by atoms with Gasteiger partial charge in [0, 0.05) is 43.5 Å². The largest absolute Gasteiger partial charge is 0.369 e. The Labute approximate surface area is 139 Å². The second-order valence-corrected chi connectivity index (χ2v) is 6.89. The quantitative estimate of drug-likeness (QED) is 0.926. The van der Waals surface area contributed by atoms with Crippen molar-refractivity contribution in [1.82, 2.24) is 4.90 Å². The van der Waals surface area contributed by atoms with Crippen molar-refractivity contribution in [2.45, 2.75) is 39.5 Å². The number of nitrogens with zero attached hydrogens (tertiary/aromatic N) is 2. The Morgan fingerprint density at radius 2 is 1.87 bits per heavy atom. The Kier molecular flexibility index (Phi) is 5.21. The minimum Gasteiger partial charge on any atom is -0.369 e. The Morgan fingerprint density at radius 3 is 2.48 bits per heavy atom. The number of hydrogen-bond donors (Lipinski definition) is 1. The molecular weight excluding hydrogens is 286 g/mol. The molecule has 2 aliphatic rings. The lowest BCUT2D eigenvalue weighted by Gasteiger charge is -2.36. The van der Waals surface area contributed by atoms with Crippen molar-refractivity contribution in [3.05, 3.63) is 23.8 Å². The molecule has 1 saturated heterocycles. The predicted octanol–water partition coefficient (Wildman–Crippen LogP) is 3.27. The second-order valence-electron chi connectivity index (χ2n) is 6.89. The molecule has 0 bridgehead atoms. The second kappa shape index (κ2) is 7.35. The maximum atomic E-state index is 12.3. The van der Waals surface area contributed by atoms with Crippen LogP contribution in [0.1, 0.15) is 38.2 Å². The lowest BCUT2D eigenvalue weighted by molar-refractivity contribution is -0.119. The molecule has 1 aliphatic heterocycles. The number of carbonyl (C=O) groups excluding carboxylic acids is 1. The van der Waals surface area contributed by atoms with Crippen molar-refractivity contribution < 1.29 is 4.79 Å². The van der Waals surface area contributed by atoms with E-state index in [-0.39, 0.29) is 11.8 Å². The highest BCUT2D eigenvalue weighted by atomic mass is 16.1. The fraction of sp³-hybridized carbons (Fsp3) is 0.632. The van der Waals surface area contributed by atoms with E-state index in [9.17, 15) is 4.79 Å². The fourth-order valence-electron chi connectivity index (χ4n) is 3.83. The van der Waals surface area contributed by atoms with Crippen LogP contribution < -0.4 is 10.2 Å². The lowest BCUT2D eigenvalue weighted by atomic mass is 10.1. The van der Waals surface area contributed by atoms with Gasteiger partial charge >= 0.3 is 0 Å². The average Bonchev–Trinajstić information content (AvgIpc) is 3.10. The number of carbonyl (C=O) groups is 1. The molecule has 3 rings (SSSR count). The number of aryl methyl sites for hydroxylation is 1. The summed E-state index contributed by atoms with van der Waals surface area (Å²) in [6.07, 6.45) is 4.48. The standard InChI is InChI=1S/C19H29N3O/c1-3-21-10-12-22(13-11-21)18-9-8-17(14-15(18)2)20-19(23)16-6-4-5-7-16/h8-9,14,16H,3-7,10-13H2,1-2H3,(H,20,23). The van der Waals surface area contributed by atoms with Gasteiger partial charge in [-0.2, -0.15) is 0 Å². The van der Waals surface area contributed by atoms with Gasteiger partial charge in [-0.05, 0) is 50.1 Å². The summed E-state index contributed by atoms with van der Waals surface area (Å²) in [5.41, 5.74) is 3.49. The van der Waals surface area contributed by atoms with Crippen molar-refractivity contribution in [3.8, 4) is 0 Å². The number of anilines is 2. The molecule has 2 fully saturated rings. The van der Waals surface area contributed by atoms with E-state index in [2.05, 4.69) is 47.2 Å². The molecule has 0 radical (unpaired) electrons. The zero-order chi connectivity index (χ0) is 16.2. The Hall–Kier alpha value is -1.55. The molecule has 126 valence electrons. The molecule has 1 heterocycles. The normalized spacial score (nSPS) is 20.0. The van der Waals surface area contributed by atoms with Crippen LogP contribution in [0.2, 0.25) is 0 Å². The molecule has 4 nitrogen and oxygen atoms in total. The molecule has 1 aromatic carbocycles. The molecule has 23 heavy (non-hydrogen) atoms. The first kappa shape index (κ1) is 16.3. The van der Waals surface area contributed by atoms with Gasteiger partial charge in [0.15, 0.2) is 0 Å². The Bertz CT molecular complexity index is 544. The molecule has 0 unspecified atom stereocenters. The Balaban J connectivity index is 1.62. The lowest BCUT2D eigenvalue weighted by Crippen LogP contribution is -2.46. The maximum absolute atomic E-state index is 12.3.